The summed E-state index contributed by atoms with van der Waals surface area (Å²) in [6.07, 6.45) is 0.604. The Labute approximate surface area is 129 Å². The Hall–Kier alpha value is -1.36. The second kappa shape index (κ2) is 5.79. The zero-order chi connectivity index (χ0) is 14.9. The summed E-state index contributed by atoms with van der Waals surface area (Å²) in [6, 6.07) is 15.0. The molecule has 1 heterocycles. The van der Waals surface area contributed by atoms with E-state index in [-0.39, 0.29) is 11.8 Å². The van der Waals surface area contributed by atoms with Crippen LogP contribution in [-0.2, 0) is 16.4 Å². The van der Waals surface area contributed by atoms with Crippen molar-refractivity contribution in [3.63, 3.8) is 0 Å². The van der Waals surface area contributed by atoms with E-state index in [1.54, 1.807) is 12.1 Å². The van der Waals surface area contributed by atoms with Gasteiger partial charge in [0.05, 0.1) is 10.6 Å². The maximum absolute atomic E-state index is 12.1. The van der Waals surface area contributed by atoms with Crippen molar-refractivity contribution in [2.75, 3.05) is 5.75 Å². The van der Waals surface area contributed by atoms with E-state index in [0.717, 1.165) is 11.1 Å². The fraction of sp³-hybridized carbons (Fsp3) is 0.250. The van der Waals surface area contributed by atoms with Crippen molar-refractivity contribution in [3.05, 3.63) is 64.7 Å². The van der Waals surface area contributed by atoms with Gasteiger partial charge in [-0.25, -0.2) is 8.42 Å². The maximum atomic E-state index is 12.1. The molecule has 1 N–H and O–H groups in total. The third-order valence-corrected chi connectivity index (χ3v) is 5.84. The Morgan fingerprint density at radius 1 is 1.10 bits per heavy atom. The molecule has 1 atom stereocenters. The summed E-state index contributed by atoms with van der Waals surface area (Å²) < 4.78 is 24.2. The summed E-state index contributed by atoms with van der Waals surface area (Å²) in [6.45, 7) is 0.691. The molecule has 0 radical (unpaired) electrons. The first-order valence-corrected chi connectivity index (χ1v) is 8.89. The lowest BCUT2D eigenvalue weighted by atomic mass is 10.0. The smallest absolute Gasteiger partial charge is 0.178 e. The average molecular weight is 322 g/mol. The standard InChI is InChI=1S/C16H16ClNO2S/c17-13-7-5-12(6-8-13)11-18-15-9-10-21(19,20)16-4-2-1-3-14(15)16/h1-8,15,18H,9-11H2. The number of benzene rings is 2. The molecule has 5 heteroatoms. The Balaban J connectivity index is 1.79. The molecule has 0 bridgehead atoms. The molecule has 1 aliphatic heterocycles. The fourth-order valence-electron chi connectivity index (χ4n) is 2.65. The van der Waals surface area contributed by atoms with Gasteiger partial charge >= 0.3 is 0 Å². The number of hydrogen-bond donors (Lipinski definition) is 1. The topological polar surface area (TPSA) is 46.2 Å². The number of nitrogens with one attached hydrogen (secondary N) is 1. The first-order valence-electron chi connectivity index (χ1n) is 6.86. The van der Waals surface area contributed by atoms with Crippen LogP contribution in [0.1, 0.15) is 23.6 Å². The molecular weight excluding hydrogens is 306 g/mol. The molecule has 0 saturated carbocycles. The van der Waals surface area contributed by atoms with Crippen molar-refractivity contribution < 1.29 is 8.42 Å². The van der Waals surface area contributed by atoms with Crippen molar-refractivity contribution in [1.82, 2.24) is 5.32 Å². The molecule has 3 nitrogen and oxygen atoms in total. The molecule has 2 aromatic rings. The highest BCUT2D eigenvalue weighted by Gasteiger charge is 2.29. The van der Waals surface area contributed by atoms with Gasteiger partial charge in [0.2, 0.25) is 0 Å². The minimum atomic E-state index is -3.12. The van der Waals surface area contributed by atoms with Crippen LogP contribution in [0.15, 0.2) is 53.4 Å². The zero-order valence-corrected chi connectivity index (χ0v) is 13.0. The molecule has 0 aliphatic carbocycles. The lowest BCUT2D eigenvalue weighted by molar-refractivity contribution is 0.491. The predicted octanol–water partition coefficient (Wildman–Crippen LogP) is 3.35. The van der Waals surface area contributed by atoms with Crippen LogP contribution in [0.2, 0.25) is 5.02 Å². The normalized spacial score (nSPS) is 20.0. The van der Waals surface area contributed by atoms with Gasteiger partial charge in [-0.15, -0.1) is 0 Å². The third kappa shape index (κ3) is 3.12. The minimum absolute atomic E-state index is 0.0698. The molecule has 2 aromatic carbocycles. The Bertz CT molecular complexity index is 741. The lowest BCUT2D eigenvalue weighted by Crippen LogP contribution is -2.29. The number of sulfone groups is 1. The second-order valence-corrected chi connectivity index (χ2v) is 7.72. The van der Waals surface area contributed by atoms with Gasteiger partial charge in [-0.3, -0.25) is 0 Å². The van der Waals surface area contributed by atoms with E-state index >= 15 is 0 Å². The Morgan fingerprint density at radius 2 is 1.81 bits per heavy atom. The van der Waals surface area contributed by atoms with Crippen LogP contribution < -0.4 is 5.32 Å². The highest BCUT2D eigenvalue weighted by atomic mass is 35.5. The summed E-state index contributed by atoms with van der Waals surface area (Å²) in [5.74, 6) is 0.197. The third-order valence-electron chi connectivity index (χ3n) is 3.77. The highest BCUT2D eigenvalue weighted by Crippen LogP contribution is 2.32. The van der Waals surface area contributed by atoms with Crippen LogP contribution >= 0.6 is 11.6 Å². The minimum Gasteiger partial charge on any atom is -0.306 e. The van der Waals surface area contributed by atoms with Gasteiger partial charge in [0, 0.05) is 17.6 Å². The number of hydrogen-bond acceptors (Lipinski definition) is 3. The van der Waals surface area contributed by atoms with Gasteiger partial charge in [0.1, 0.15) is 0 Å². The molecule has 110 valence electrons. The second-order valence-electron chi connectivity index (χ2n) is 5.21. The number of fused-ring (bicyclic) bond motifs is 1. The van der Waals surface area contributed by atoms with Gasteiger partial charge in [0.15, 0.2) is 9.84 Å². The Morgan fingerprint density at radius 3 is 2.57 bits per heavy atom. The van der Waals surface area contributed by atoms with Crippen LogP contribution in [0.25, 0.3) is 0 Å². The first-order chi connectivity index (χ1) is 10.1. The van der Waals surface area contributed by atoms with E-state index < -0.39 is 9.84 Å². The lowest BCUT2D eigenvalue weighted by Gasteiger charge is -2.26. The van der Waals surface area contributed by atoms with Gasteiger partial charge in [-0.2, -0.15) is 0 Å². The molecule has 0 saturated heterocycles. The summed E-state index contributed by atoms with van der Waals surface area (Å²) >= 11 is 5.87. The molecular formula is C16H16ClNO2S. The van der Waals surface area contributed by atoms with Crippen molar-refractivity contribution in [3.8, 4) is 0 Å². The fourth-order valence-corrected chi connectivity index (χ4v) is 4.39. The van der Waals surface area contributed by atoms with Crippen molar-refractivity contribution in [1.29, 1.82) is 0 Å². The summed E-state index contributed by atoms with van der Waals surface area (Å²) in [4.78, 5) is 0.463. The molecule has 0 spiro atoms. The van der Waals surface area contributed by atoms with Crippen LogP contribution in [-0.4, -0.2) is 14.2 Å². The van der Waals surface area contributed by atoms with Gasteiger partial charge in [-0.05, 0) is 35.7 Å². The van der Waals surface area contributed by atoms with Crippen LogP contribution in [0.4, 0.5) is 0 Å². The highest BCUT2D eigenvalue weighted by molar-refractivity contribution is 7.91. The molecule has 0 amide bonds. The van der Waals surface area contributed by atoms with Crippen molar-refractivity contribution in [2.24, 2.45) is 0 Å². The van der Waals surface area contributed by atoms with E-state index in [9.17, 15) is 8.42 Å². The molecule has 1 unspecified atom stereocenters. The van der Waals surface area contributed by atoms with E-state index in [0.29, 0.717) is 22.9 Å². The molecule has 21 heavy (non-hydrogen) atoms. The summed E-state index contributed by atoms with van der Waals surface area (Å²) in [7, 11) is -3.12. The monoisotopic (exact) mass is 321 g/mol. The van der Waals surface area contributed by atoms with Crippen molar-refractivity contribution >= 4 is 21.4 Å². The zero-order valence-electron chi connectivity index (χ0n) is 11.4. The van der Waals surface area contributed by atoms with Crippen LogP contribution in [0.3, 0.4) is 0 Å². The van der Waals surface area contributed by atoms with Crippen LogP contribution in [0, 0.1) is 0 Å². The molecule has 0 fully saturated rings. The largest absolute Gasteiger partial charge is 0.306 e. The first kappa shape index (κ1) is 14.6. The van der Waals surface area contributed by atoms with E-state index in [2.05, 4.69) is 5.32 Å². The molecule has 3 rings (SSSR count). The van der Waals surface area contributed by atoms with E-state index in [1.165, 1.54) is 0 Å². The molecule has 0 aromatic heterocycles. The quantitative estimate of drug-likeness (QED) is 0.943. The number of halogens is 1. The van der Waals surface area contributed by atoms with Gasteiger partial charge < -0.3 is 5.32 Å². The van der Waals surface area contributed by atoms with E-state index in [1.807, 2.05) is 36.4 Å². The Kier molecular flexibility index (Phi) is 4.02. The van der Waals surface area contributed by atoms with Gasteiger partial charge in [-0.1, -0.05) is 41.9 Å². The number of rotatable bonds is 3. The summed E-state index contributed by atoms with van der Waals surface area (Å²) in [5, 5.41) is 4.16. The van der Waals surface area contributed by atoms with Crippen LogP contribution in [0.5, 0.6) is 0 Å². The molecule has 1 aliphatic rings. The van der Waals surface area contributed by atoms with Gasteiger partial charge in [0.25, 0.3) is 0 Å². The predicted molar refractivity (Wildman–Crippen MR) is 84.1 cm³/mol. The maximum Gasteiger partial charge on any atom is 0.178 e. The van der Waals surface area contributed by atoms with E-state index in [4.69, 9.17) is 11.6 Å². The SMILES string of the molecule is O=S1(=O)CCC(NCc2ccc(Cl)cc2)c2ccccc21. The van der Waals surface area contributed by atoms with Crippen molar-refractivity contribution in [2.45, 2.75) is 23.9 Å². The average Bonchev–Trinajstić information content (AvgIpc) is 2.48. The summed E-state index contributed by atoms with van der Waals surface area (Å²) in [5.41, 5.74) is 2.00.